The summed E-state index contributed by atoms with van der Waals surface area (Å²) in [5.74, 6) is 0.405. The van der Waals surface area contributed by atoms with Crippen LogP contribution in [-0.4, -0.2) is 70.1 Å². The number of carbonyl (C=O) groups excluding carboxylic acids is 2. The first-order chi connectivity index (χ1) is 12.4. The highest BCUT2D eigenvalue weighted by Crippen LogP contribution is 2.34. The summed E-state index contributed by atoms with van der Waals surface area (Å²) >= 11 is 12.5. The van der Waals surface area contributed by atoms with E-state index >= 15 is 0 Å². The van der Waals surface area contributed by atoms with Crippen LogP contribution in [0, 0.1) is 5.92 Å². The molecule has 0 radical (unpaired) electrons. The lowest BCUT2D eigenvalue weighted by atomic mass is 9.81. The standard InChI is InChI=1S/C19H31Cl2N3O2/c1-12(2)23-11-17(25)24(10-16-8-7-15(21)9-22-16)18(19(23)26)13-3-5-14(20)6-4-13/h12-16,18,22H,3-11H2,1-2H3. The van der Waals surface area contributed by atoms with E-state index in [2.05, 4.69) is 5.32 Å². The Kier molecular flexibility index (Phi) is 6.73. The van der Waals surface area contributed by atoms with Crippen LogP contribution in [0.25, 0.3) is 0 Å². The summed E-state index contributed by atoms with van der Waals surface area (Å²) in [7, 11) is 0. The number of nitrogens with one attached hydrogen (secondary N) is 1. The van der Waals surface area contributed by atoms with Crippen molar-refractivity contribution >= 4 is 35.0 Å². The number of nitrogens with zero attached hydrogens (tertiary/aromatic N) is 2. The van der Waals surface area contributed by atoms with Crippen LogP contribution in [0.2, 0.25) is 0 Å². The molecule has 0 aromatic rings. The molecule has 1 saturated carbocycles. The average Bonchev–Trinajstić information content (AvgIpc) is 2.61. The number of piperidine rings is 1. The molecule has 3 fully saturated rings. The molecule has 26 heavy (non-hydrogen) atoms. The molecule has 2 heterocycles. The number of alkyl halides is 2. The first kappa shape index (κ1) is 20.2. The third-order valence-electron chi connectivity index (χ3n) is 6.14. The van der Waals surface area contributed by atoms with Gasteiger partial charge >= 0.3 is 0 Å². The van der Waals surface area contributed by atoms with Crippen molar-refractivity contribution < 1.29 is 9.59 Å². The van der Waals surface area contributed by atoms with E-state index in [-0.39, 0.29) is 53.2 Å². The minimum atomic E-state index is -0.335. The molecule has 5 nitrogen and oxygen atoms in total. The molecule has 0 bridgehead atoms. The van der Waals surface area contributed by atoms with Crippen LogP contribution in [0.3, 0.4) is 0 Å². The highest BCUT2D eigenvalue weighted by atomic mass is 35.5. The Morgan fingerprint density at radius 3 is 2.27 bits per heavy atom. The highest BCUT2D eigenvalue weighted by molar-refractivity contribution is 6.21. The molecule has 0 spiro atoms. The Hall–Kier alpha value is -0.520. The summed E-state index contributed by atoms with van der Waals surface area (Å²) in [6, 6.07) is -0.0668. The second-order valence-electron chi connectivity index (χ2n) is 8.34. The van der Waals surface area contributed by atoms with Crippen LogP contribution in [0.1, 0.15) is 52.4 Å². The van der Waals surface area contributed by atoms with Crippen molar-refractivity contribution in [1.82, 2.24) is 15.1 Å². The molecular formula is C19H31Cl2N3O2. The first-order valence-electron chi connectivity index (χ1n) is 9.98. The predicted molar refractivity (Wildman–Crippen MR) is 105 cm³/mol. The Balaban J connectivity index is 1.77. The molecular weight excluding hydrogens is 373 g/mol. The largest absolute Gasteiger partial charge is 0.329 e. The van der Waals surface area contributed by atoms with Crippen molar-refractivity contribution in [2.45, 2.75) is 81.3 Å². The van der Waals surface area contributed by atoms with E-state index in [1.807, 2.05) is 18.7 Å². The number of piperazine rings is 1. The first-order valence-corrected chi connectivity index (χ1v) is 10.9. The van der Waals surface area contributed by atoms with Gasteiger partial charge < -0.3 is 15.1 Å². The van der Waals surface area contributed by atoms with Crippen molar-refractivity contribution in [1.29, 1.82) is 0 Å². The van der Waals surface area contributed by atoms with E-state index in [4.69, 9.17) is 23.2 Å². The normalized spacial score (nSPS) is 36.7. The number of halogens is 2. The molecule has 2 aliphatic heterocycles. The fourth-order valence-electron chi connectivity index (χ4n) is 4.55. The van der Waals surface area contributed by atoms with Gasteiger partial charge in [0.05, 0.1) is 0 Å². The summed E-state index contributed by atoms with van der Waals surface area (Å²) in [6.07, 6.45) is 5.59. The molecule has 1 aliphatic carbocycles. The summed E-state index contributed by atoms with van der Waals surface area (Å²) in [6.45, 7) is 5.53. The van der Waals surface area contributed by atoms with E-state index in [0.29, 0.717) is 6.54 Å². The summed E-state index contributed by atoms with van der Waals surface area (Å²) < 4.78 is 0. The molecule has 7 heteroatoms. The van der Waals surface area contributed by atoms with E-state index in [1.54, 1.807) is 4.90 Å². The second kappa shape index (κ2) is 8.66. The number of hydrogen-bond acceptors (Lipinski definition) is 3. The van der Waals surface area contributed by atoms with Gasteiger partial charge in [-0.05, 0) is 58.3 Å². The smallest absolute Gasteiger partial charge is 0.246 e. The van der Waals surface area contributed by atoms with E-state index in [9.17, 15) is 9.59 Å². The van der Waals surface area contributed by atoms with Crippen molar-refractivity contribution in [3.05, 3.63) is 0 Å². The Morgan fingerprint density at radius 2 is 1.69 bits per heavy atom. The Bertz CT molecular complexity index is 515. The van der Waals surface area contributed by atoms with Gasteiger partial charge in [-0.2, -0.15) is 0 Å². The van der Waals surface area contributed by atoms with Crippen LogP contribution in [0.5, 0.6) is 0 Å². The number of hydrogen-bond donors (Lipinski definition) is 1. The molecule has 3 rings (SSSR count). The van der Waals surface area contributed by atoms with Gasteiger partial charge in [0.25, 0.3) is 0 Å². The van der Waals surface area contributed by atoms with Gasteiger partial charge in [-0.15, -0.1) is 23.2 Å². The zero-order valence-electron chi connectivity index (χ0n) is 15.8. The van der Waals surface area contributed by atoms with Crippen molar-refractivity contribution in [2.75, 3.05) is 19.6 Å². The molecule has 0 aromatic heterocycles. The lowest BCUT2D eigenvalue weighted by Gasteiger charge is -2.47. The Labute approximate surface area is 166 Å². The molecule has 1 N–H and O–H groups in total. The quantitative estimate of drug-likeness (QED) is 0.733. The van der Waals surface area contributed by atoms with Crippen LogP contribution in [0.15, 0.2) is 0 Å². The molecule has 0 aromatic carbocycles. The Morgan fingerprint density at radius 1 is 1.04 bits per heavy atom. The summed E-state index contributed by atoms with van der Waals surface area (Å²) in [5.41, 5.74) is 0. The monoisotopic (exact) mass is 403 g/mol. The topological polar surface area (TPSA) is 52.7 Å². The fourth-order valence-corrected chi connectivity index (χ4v) is 5.02. The van der Waals surface area contributed by atoms with Gasteiger partial charge in [0, 0.05) is 35.9 Å². The van der Waals surface area contributed by atoms with Gasteiger partial charge in [-0.1, -0.05) is 0 Å². The lowest BCUT2D eigenvalue weighted by molar-refractivity contribution is -0.161. The number of carbonyl (C=O) groups is 2. The van der Waals surface area contributed by atoms with Crippen LogP contribution in [0.4, 0.5) is 0 Å². The maximum absolute atomic E-state index is 13.3. The SMILES string of the molecule is CC(C)N1CC(=O)N(CC2CCC(Cl)CN2)C(C2CCC(Cl)CC2)C1=O. The fraction of sp³-hybridized carbons (Fsp3) is 0.895. The summed E-state index contributed by atoms with van der Waals surface area (Å²) in [5, 5.41) is 3.81. The van der Waals surface area contributed by atoms with Crippen molar-refractivity contribution in [3.63, 3.8) is 0 Å². The van der Waals surface area contributed by atoms with Gasteiger partial charge in [0.15, 0.2) is 0 Å². The second-order valence-corrected chi connectivity index (χ2v) is 9.58. The molecule has 2 saturated heterocycles. The van der Waals surface area contributed by atoms with Crippen molar-refractivity contribution in [3.8, 4) is 0 Å². The summed E-state index contributed by atoms with van der Waals surface area (Å²) in [4.78, 5) is 29.8. The zero-order valence-corrected chi connectivity index (χ0v) is 17.3. The maximum atomic E-state index is 13.3. The molecule has 2 amide bonds. The molecule has 3 unspecified atom stereocenters. The van der Waals surface area contributed by atoms with E-state index in [1.165, 1.54) is 0 Å². The molecule has 3 aliphatic rings. The minimum Gasteiger partial charge on any atom is -0.329 e. The third-order valence-corrected chi connectivity index (χ3v) is 6.95. The van der Waals surface area contributed by atoms with Gasteiger partial charge in [-0.25, -0.2) is 0 Å². The number of rotatable bonds is 4. The average molecular weight is 404 g/mol. The van der Waals surface area contributed by atoms with Gasteiger partial charge in [0.1, 0.15) is 12.6 Å². The van der Waals surface area contributed by atoms with Gasteiger partial charge in [-0.3, -0.25) is 9.59 Å². The van der Waals surface area contributed by atoms with Crippen LogP contribution in [-0.2, 0) is 9.59 Å². The van der Waals surface area contributed by atoms with Crippen LogP contribution < -0.4 is 5.32 Å². The van der Waals surface area contributed by atoms with Crippen LogP contribution >= 0.6 is 23.2 Å². The predicted octanol–water partition coefficient (Wildman–Crippen LogP) is 2.59. The molecule has 148 valence electrons. The lowest BCUT2D eigenvalue weighted by Crippen LogP contribution is -2.65. The van der Waals surface area contributed by atoms with E-state index < -0.39 is 0 Å². The highest BCUT2D eigenvalue weighted by Gasteiger charge is 2.45. The minimum absolute atomic E-state index is 0.0466. The van der Waals surface area contributed by atoms with E-state index in [0.717, 1.165) is 45.1 Å². The maximum Gasteiger partial charge on any atom is 0.246 e. The zero-order chi connectivity index (χ0) is 18.8. The number of amides is 2. The molecule has 3 atom stereocenters. The third kappa shape index (κ3) is 4.48. The van der Waals surface area contributed by atoms with Gasteiger partial charge in [0.2, 0.25) is 11.8 Å². The van der Waals surface area contributed by atoms with Crippen molar-refractivity contribution in [2.24, 2.45) is 5.92 Å².